The molecule has 0 fully saturated rings. The number of rotatable bonds is 9. The minimum atomic E-state index is -3.71. The third-order valence-corrected chi connectivity index (χ3v) is 5.49. The van der Waals surface area contributed by atoms with Crippen molar-refractivity contribution in [2.75, 3.05) is 0 Å². The van der Waals surface area contributed by atoms with Gasteiger partial charge in [0.05, 0.1) is 18.6 Å². The van der Waals surface area contributed by atoms with Crippen LogP contribution in [0.25, 0.3) is 0 Å². The average molecular weight is 398 g/mol. The van der Waals surface area contributed by atoms with Gasteiger partial charge in [0.15, 0.2) is 0 Å². The molecule has 0 saturated heterocycles. The molecular formula is C21H22N2O4S. The quantitative estimate of drug-likeness (QED) is 0.580. The van der Waals surface area contributed by atoms with Crippen LogP contribution in [0.5, 0.6) is 0 Å². The van der Waals surface area contributed by atoms with Gasteiger partial charge in [0, 0.05) is 0 Å². The summed E-state index contributed by atoms with van der Waals surface area (Å²) in [6.07, 6.45) is 1.77. The van der Waals surface area contributed by atoms with E-state index in [2.05, 4.69) is 10.0 Å². The lowest BCUT2D eigenvalue weighted by molar-refractivity contribution is -0.122. The highest BCUT2D eigenvalue weighted by Gasteiger charge is 2.25. The first-order chi connectivity index (χ1) is 13.5. The SMILES string of the molecule is O=C(NCc1ccco1)[C@@H](Cc1ccccc1)NS(=O)(=O)Cc1ccccc1. The fourth-order valence-electron chi connectivity index (χ4n) is 2.80. The summed E-state index contributed by atoms with van der Waals surface area (Å²) < 4.78 is 33.0. The van der Waals surface area contributed by atoms with Crippen LogP contribution in [0, 0.1) is 0 Å². The van der Waals surface area contributed by atoms with Crippen LogP contribution in [0.2, 0.25) is 0 Å². The van der Waals surface area contributed by atoms with Crippen LogP contribution in [0.1, 0.15) is 16.9 Å². The third kappa shape index (κ3) is 6.07. The maximum atomic E-state index is 12.7. The number of hydrogen-bond donors (Lipinski definition) is 2. The molecule has 1 aromatic heterocycles. The molecule has 1 atom stereocenters. The number of sulfonamides is 1. The first-order valence-electron chi connectivity index (χ1n) is 8.90. The van der Waals surface area contributed by atoms with Gasteiger partial charge in [0.1, 0.15) is 11.8 Å². The van der Waals surface area contributed by atoms with Crippen LogP contribution >= 0.6 is 0 Å². The van der Waals surface area contributed by atoms with Gasteiger partial charge in [0.2, 0.25) is 15.9 Å². The second-order valence-electron chi connectivity index (χ2n) is 6.40. The van der Waals surface area contributed by atoms with E-state index in [1.165, 1.54) is 6.26 Å². The molecule has 0 radical (unpaired) electrons. The Morgan fingerprint density at radius 1 is 0.893 bits per heavy atom. The molecule has 7 heteroatoms. The fraction of sp³-hybridized carbons (Fsp3) is 0.190. The Bertz CT molecular complexity index is 972. The Balaban J connectivity index is 1.71. The zero-order valence-corrected chi connectivity index (χ0v) is 16.1. The van der Waals surface area contributed by atoms with E-state index in [-0.39, 0.29) is 18.7 Å². The van der Waals surface area contributed by atoms with E-state index in [0.29, 0.717) is 11.3 Å². The van der Waals surface area contributed by atoms with Crippen molar-refractivity contribution in [1.29, 1.82) is 0 Å². The van der Waals surface area contributed by atoms with E-state index in [9.17, 15) is 13.2 Å². The van der Waals surface area contributed by atoms with Gasteiger partial charge in [-0.3, -0.25) is 4.79 Å². The molecule has 6 nitrogen and oxygen atoms in total. The van der Waals surface area contributed by atoms with Crippen molar-refractivity contribution in [2.24, 2.45) is 0 Å². The van der Waals surface area contributed by atoms with E-state index in [1.54, 1.807) is 36.4 Å². The molecule has 0 spiro atoms. The molecule has 3 rings (SSSR count). The Labute approximate surface area is 164 Å². The molecule has 1 amide bonds. The van der Waals surface area contributed by atoms with Crippen molar-refractivity contribution in [3.63, 3.8) is 0 Å². The van der Waals surface area contributed by atoms with Gasteiger partial charge >= 0.3 is 0 Å². The topological polar surface area (TPSA) is 88.4 Å². The lowest BCUT2D eigenvalue weighted by atomic mass is 10.1. The van der Waals surface area contributed by atoms with Crippen LogP contribution < -0.4 is 10.0 Å². The minimum Gasteiger partial charge on any atom is -0.467 e. The van der Waals surface area contributed by atoms with Crippen LogP contribution in [-0.2, 0) is 33.5 Å². The van der Waals surface area contributed by atoms with Crippen molar-refractivity contribution in [2.45, 2.75) is 24.8 Å². The maximum Gasteiger partial charge on any atom is 0.238 e. The number of nitrogens with one attached hydrogen (secondary N) is 2. The zero-order valence-electron chi connectivity index (χ0n) is 15.2. The van der Waals surface area contributed by atoms with Crippen molar-refractivity contribution >= 4 is 15.9 Å². The Morgan fingerprint density at radius 2 is 1.54 bits per heavy atom. The summed E-state index contributed by atoms with van der Waals surface area (Å²) in [5.74, 6) is 0.000709. The average Bonchev–Trinajstić information content (AvgIpc) is 3.20. The highest BCUT2D eigenvalue weighted by Crippen LogP contribution is 2.09. The maximum absolute atomic E-state index is 12.7. The number of amides is 1. The van der Waals surface area contributed by atoms with Crippen molar-refractivity contribution < 1.29 is 17.6 Å². The van der Waals surface area contributed by atoms with Gasteiger partial charge in [-0.25, -0.2) is 13.1 Å². The highest BCUT2D eigenvalue weighted by molar-refractivity contribution is 7.88. The van der Waals surface area contributed by atoms with E-state index < -0.39 is 22.0 Å². The summed E-state index contributed by atoms with van der Waals surface area (Å²) in [6.45, 7) is 0.192. The minimum absolute atomic E-state index is 0.190. The molecule has 146 valence electrons. The molecule has 0 bridgehead atoms. The number of furan rings is 1. The predicted molar refractivity (Wildman–Crippen MR) is 107 cm³/mol. The normalized spacial score (nSPS) is 12.4. The summed E-state index contributed by atoms with van der Waals surface area (Å²) in [6, 6.07) is 20.7. The first kappa shape index (κ1) is 19.9. The van der Waals surface area contributed by atoms with Gasteiger partial charge in [-0.15, -0.1) is 0 Å². The van der Waals surface area contributed by atoms with Crippen LogP contribution in [-0.4, -0.2) is 20.4 Å². The van der Waals surface area contributed by atoms with Crippen LogP contribution in [0.15, 0.2) is 83.5 Å². The zero-order chi connectivity index (χ0) is 19.8. The van der Waals surface area contributed by atoms with Crippen LogP contribution in [0.4, 0.5) is 0 Å². The Hall–Kier alpha value is -2.90. The van der Waals surface area contributed by atoms with Gasteiger partial charge < -0.3 is 9.73 Å². The summed E-state index contributed by atoms with van der Waals surface area (Å²) >= 11 is 0. The molecular weight excluding hydrogens is 376 g/mol. The highest BCUT2D eigenvalue weighted by atomic mass is 32.2. The number of carbonyl (C=O) groups excluding carboxylic acids is 1. The molecule has 2 aromatic carbocycles. The molecule has 0 saturated carbocycles. The summed E-state index contributed by atoms with van der Waals surface area (Å²) in [7, 11) is -3.71. The van der Waals surface area contributed by atoms with Gasteiger partial charge in [-0.1, -0.05) is 60.7 Å². The van der Waals surface area contributed by atoms with Gasteiger partial charge in [-0.05, 0) is 29.7 Å². The molecule has 3 aromatic rings. The predicted octanol–water partition coefficient (Wildman–Crippen LogP) is 2.63. The standard InChI is InChI=1S/C21H22N2O4S/c24-21(22-15-19-12-7-13-27-19)20(14-17-8-3-1-4-9-17)23-28(25,26)16-18-10-5-2-6-11-18/h1-13,20,23H,14-16H2,(H,22,24)/t20-/m1/s1. The van der Waals surface area contributed by atoms with E-state index in [4.69, 9.17) is 4.42 Å². The second-order valence-corrected chi connectivity index (χ2v) is 8.16. The molecule has 2 N–H and O–H groups in total. The molecule has 0 aliphatic heterocycles. The van der Waals surface area contributed by atoms with E-state index in [1.807, 2.05) is 36.4 Å². The number of carbonyl (C=O) groups is 1. The Morgan fingerprint density at radius 3 is 2.14 bits per heavy atom. The van der Waals surface area contributed by atoms with E-state index in [0.717, 1.165) is 5.56 Å². The Kier molecular flexibility index (Phi) is 6.62. The summed E-state index contributed by atoms with van der Waals surface area (Å²) in [4.78, 5) is 12.7. The molecule has 1 heterocycles. The molecule has 0 aliphatic carbocycles. The van der Waals surface area contributed by atoms with Crippen LogP contribution in [0.3, 0.4) is 0 Å². The lowest BCUT2D eigenvalue weighted by Crippen LogP contribution is -2.48. The molecule has 0 aliphatic rings. The number of hydrogen-bond acceptors (Lipinski definition) is 4. The monoisotopic (exact) mass is 398 g/mol. The second kappa shape index (κ2) is 9.34. The molecule has 28 heavy (non-hydrogen) atoms. The van der Waals surface area contributed by atoms with Crippen molar-refractivity contribution in [1.82, 2.24) is 10.0 Å². The third-order valence-electron chi connectivity index (χ3n) is 4.14. The summed E-state index contributed by atoms with van der Waals surface area (Å²) in [5.41, 5.74) is 1.52. The van der Waals surface area contributed by atoms with Crippen molar-refractivity contribution in [3.05, 3.63) is 95.9 Å². The number of benzene rings is 2. The molecule has 0 unspecified atom stereocenters. The summed E-state index contributed by atoms with van der Waals surface area (Å²) in [5, 5.41) is 2.73. The fourth-order valence-corrected chi connectivity index (χ4v) is 4.14. The van der Waals surface area contributed by atoms with Gasteiger partial charge in [-0.2, -0.15) is 0 Å². The van der Waals surface area contributed by atoms with E-state index >= 15 is 0 Å². The first-order valence-corrected chi connectivity index (χ1v) is 10.5. The lowest BCUT2D eigenvalue weighted by Gasteiger charge is -2.18. The smallest absolute Gasteiger partial charge is 0.238 e. The van der Waals surface area contributed by atoms with Gasteiger partial charge in [0.25, 0.3) is 0 Å². The van der Waals surface area contributed by atoms with Crippen molar-refractivity contribution in [3.8, 4) is 0 Å². The largest absolute Gasteiger partial charge is 0.467 e.